The van der Waals surface area contributed by atoms with Crippen molar-refractivity contribution in [1.29, 1.82) is 0 Å². The molecule has 4 rings (SSSR count). The van der Waals surface area contributed by atoms with Crippen molar-refractivity contribution in [3.8, 4) is 0 Å². The molecule has 3 aromatic heterocycles. The van der Waals surface area contributed by atoms with E-state index < -0.39 is 5.97 Å². The maximum Gasteiger partial charge on any atom is 0.354 e. The topological polar surface area (TPSA) is 102 Å². The van der Waals surface area contributed by atoms with Crippen molar-refractivity contribution in [2.24, 2.45) is 0 Å². The molecule has 8 nitrogen and oxygen atoms in total. The summed E-state index contributed by atoms with van der Waals surface area (Å²) in [4.78, 5) is 39.0. The highest BCUT2D eigenvalue weighted by Crippen LogP contribution is 2.18. The minimum atomic E-state index is -1.02. The van der Waals surface area contributed by atoms with Gasteiger partial charge >= 0.3 is 5.97 Å². The molecule has 8 heteroatoms. The maximum absolute atomic E-state index is 12.1. The number of rotatable bonds is 5. The number of piperazine rings is 1. The number of nitrogens with one attached hydrogen (secondary N) is 1. The molecule has 1 saturated heterocycles. The van der Waals surface area contributed by atoms with Crippen molar-refractivity contribution in [2.75, 3.05) is 31.1 Å². The number of fused-ring (bicyclic) bond motifs is 1. The molecule has 150 valence electrons. The average molecular weight is 393 g/mol. The molecule has 0 spiro atoms. The lowest BCUT2D eigenvalue weighted by Gasteiger charge is -2.35. The van der Waals surface area contributed by atoms with Crippen molar-refractivity contribution in [3.63, 3.8) is 0 Å². The summed E-state index contributed by atoms with van der Waals surface area (Å²) >= 11 is 0. The molecular formula is C21H23N5O3. The third kappa shape index (κ3) is 4.12. The highest BCUT2D eigenvalue weighted by atomic mass is 16.4. The Morgan fingerprint density at radius 3 is 2.59 bits per heavy atom. The molecule has 0 amide bonds. The van der Waals surface area contributed by atoms with Gasteiger partial charge in [0.1, 0.15) is 5.69 Å². The molecule has 2 N–H and O–H groups in total. The standard InChI is InChI=1S/C21H23N5O3/c1-2-15-10-18-19(24-20(15)27)9-14(11-22-18)13-25-5-7-26(8-6-25)16-3-4-17(21(28)29)23-12-16/h3-4,9-12H,2,5-8,13H2,1H3,(H,24,27)(H,28,29). The summed E-state index contributed by atoms with van der Waals surface area (Å²) in [6, 6.07) is 7.21. The van der Waals surface area contributed by atoms with E-state index >= 15 is 0 Å². The lowest BCUT2D eigenvalue weighted by atomic mass is 10.1. The van der Waals surface area contributed by atoms with Crippen LogP contribution in [0.2, 0.25) is 0 Å². The first kappa shape index (κ1) is 19.1. The summed E-state index contributed by atoms with van der Waals surface area (Å²) in [5.74, 6) is -1.02. The average Bonchev–Trinajstić information content (AvgIpc) is 2.74. The fourth-order valence-electron chi connectivity index (χ4n) is 3.64. The van der Waals surface area contributed by atoms with E-state index in [0.29, 0.717) is 6.42 Å². The van der Waals surface area contributed by atoms with Crippen LogP contribution in [0.5, 0.6) is 0 Å². The fourth-order valence-corrected chi connectivity index (χ4v) is 3.64. The normalized spacial score (nSPS) is 15.0. The predicted molar refractivity (Wildman–Crippen MR) is 110 cm³/mol. The molecule has 1 aliphatic rings. The van der Waals surface area contributed by atoms with E-state index in [0.717, 1.165) is 60.6 Å². The Kier molecular flexibility index (Phi) is 5.26. The van der Waals surface area contributed by atoms with Gasteiger partial charge in [0.15, 0.2) is 0 Å². The smallest absolute Gasteiger partial charge is 0.354 e. The van der Waals surface area contributed by atoms with Crippen LogP contribution in [0.3, 0.4) is 0 Å². The zero-order chi connectivity index (χ0) is 20.4. The molecule has 0 unspecified atom stereocenters. The van der Waals surface area contributed by atoms with Gasteiger partial charge in [-0.2, -0.15) is 0 Å². The maximum atomic E-state index is 12.1. The number of pyridine rings is 3. The van der Waals surface area contributed by atoms with E-state index in [4.69, 9.17) is 5.11 Å². The van der Waals surface area contributed by atoms with Gasteiger partial charge in [0.2, 0.25) is 0 Å². The first-order chi connectivity index (χ1) is 14.0. The molecule has 4 heterocycles. The number of H-pyrrole nitrogens is 1. The molecular weight excluding hydrogens is 370 g/mol. The highest BCUT2D eigenvalue weighted by molar-refractivity contribution is 5.85. The van der Waals surface area contributed by atoms with Crippen LogP contribution < -0.4 is 10.5 Å². The third-order valence-electron chi connectivity index (χ3n) is 5.32. The van der Waals surface area contributed by atoms with Crippen LogP contribution in [0.4, 0.5) is 5.69 Å². The first-order valence-electron chi connectivity index (χ1n) is 9.71. The predicted octanol–water partition coefficient (Wildman–Crippen LogP) is 1.90. The molecule has 0 atom stereocenters. The molecule has 0 aliphatic carbocycles. The summed E-state index contributed by atoms with van der Waals surface area (Å²) in [5.41, 5.74) is 4.35. The molecule has 29 heavy (non-hydrogen) atoms. The van der Waals surface area contributed by atoms with Crippen LogP contribution in [-0.2, 0) is 13.0 Å². The number of hydrogen-bond donors (Lipinski definition) is 2. The zero-order valence-electron chi connectivity index (χ0n) is 16.3. The number of aromatic amines is 1. The number of carbonyl (C=O) groups is 1. The fraction of sp³-hybridized carbons (Fsp3) is 0.333. The van der Waals surface area contributed by atoms with E-state index in [2.05, 4.69) is 24.8 Å². The van der Waals surface area contributed by atoms with Gasteiger partial charge in [-0.15, -0.1) is 0 Å². The second kappa shape index (κ2) is 8.00. The number of carboxylic acids is 1. The van der Waals surface area contributed by atoms with Crippen LogP contribution in [-0.4, -0.2) is 57.1 Å². The first-order valence-corrected chi connectivity index (χ1v) is 9.71. The van der Waals surface area contributed by atoms with Gasteiger partial charge in [-0.05, 0) is 36.2 Å². The van der Waals surface area contributed by atoms with Crippen molar-refractivity contribution < 1.29 is 9.90 Å². The van der Waals surface area contributed by atoms with Crippen molar-refractivity contribution in [1.82, 2.24) is 19.9 Å². The monoisotopic (exact) mass is 393 g/mol. The van der Waals surface area contributed by atoms with Gasteiger partial charge in [-0.1, -0.05) is 6.92 Å². The second-order valence-electron chi connectivity index (χ2n) is 7.22. The summed E-state index contributed by atoms with van der Waals surface area (Å²) in [6.45, 7) is 6.16. The SMILES string of the molecule is CCc1cc2ncc(CN3CCN(c4ccc(C(=O)O)nc4)CC3)cc2[nH]c1=O. The van der Waals surface area contributed by atoms with Crippen molar-refractivity contribution >= 4 is 22.7 Å². The van der Waals surface area contributed by atoms with Crippen LogP contribution in [0, 0.1) is 0 Å². The molecule has 3 aromatic rings. The number of aromatic nitrogens is 3. The number of nitrogens with zero attached hydrogens (tertiary/aromatic N) is 4. The van der Waals surface area contributed by atoms with Crippen molar-refractivity contribution in [2.45, 2.75) is 19.9 Å². The highest BCUT2D eigenvalue weighted by Gasteiger charge is 2.18. The minimum absolute atomic E-state index is 0.0462. The van der Waals surface area contributed by atoms with Crippen LogP contribution in [0.1, 0.15) is 28.5 Å². The summed E-state index contributed by atoms with van der Waals surface area (Å²) in [5, 5.41) is 8.96. The summed E-state index contributed by atoms with van der Waals surface area (Å²) < 4.78 is 0. The molecule has 1 aliphatic heterocycles. The quantitative estimate of drug-likeness (QED) is 0.682. The number of anilines is 1. The van der Waals surface area contributed by atoms with E-state index in [9.17, 15) is 9.59 Å². The van der Waals surface area contributed by atoms with E-state index in [1.54, 1.807) is 12.3 Å². The second-order valence-corrected chi connectivity index (χ2v) is 7.22. The van der Waals surface area contributed by atoms with E-state index in [1.165, 1.54) is 6.07 Å². The van der Waals surface area contributed by atoms with Gasteiger partial charge in [-0.25, -0.2) is 9.78 Å². The van der Waals surface area contributed by atoms with Crippen molar-refractivity contribution in [3.05, 3.63) is 63.8 Å². The van der Waals surface area contributed by atoms with Gasteiger partial charge in [-0.3, -0.25) is 14.7 Å². The van der Waals surface area contributed by atoms with Crippen LogP contribution in [0.15, 0.2) is 41.5 Å². The van der Waals surface area contributed by atoms with E-state index in [-0.39, 0.29) is 11.3 Å². The van der Waals surface area contributed by atoms with Gasteiger partial charge in [0, 0.05) is 44.5 Å². The Hall–Kier alpha value is -3.26. The Balaban J connectivity index is 1.40. The molecule has 0 aromatic carbocycles. The Morgan fingerprint density at radius 2 is 1.93 bits per heavy atom. The van der Waals surface area contributed by atoms with E-state index in [1.807, 2.05) is 25.3 Å². The Bertz CT molecular complexity index is 1090. The minimum Gasteiger partial charge on any atom is -0.477 e. The number of aromatic carboxylic acids is 1. The molecule has 0 bridgehead atoms. The molecule has 0 saturated carbocycles. The van der Waals surface area contributed by atoms with Gasteiger partial charge < -0.3 is 15.0 Å². The Labute approximate surface area is 167 Å². The number of aryl methyl sites for hydroxylation is 1. The summed E-state index contributed by atoms with van der Waals surface area (Å²) in [6.07, 6.45) is 4.18. The third-order valence-corrected chi connectivity index (χ3v) is 5.32. The number of hydrogen-bond acceptors (Lipinski definition) is 6. The Morgan fingerprint density at radius 1 is 1.14 bits per heavy atom. The lowest BCUT2D eigenvalue weighted by molar-refractivity contribution is 0.0690. The summed E-state index contributed by atoms with van der Waals surface area (Å²) in [7, 11) is 0. The number of carboxylic acid groups (broad SMARTS) is 1. The largest absolute Gasteiger partial charge is 0.477 e. The molecule has 1 fully saturated rings. The van der Waals surface area contributed by atoms with Gasteiger partial charge in [0.05, 0.1) is 22.9 Å². The zero-order valence-corrected chi connectivity index (χ0v) is 16.3. The van der Waals surface area contributed by atoms with Crippen LogP contribution >= 0.6 is 0 Å². The lowest BCUT2D eigenvalue weighted by Crippen LogP contribution is -2.46. The van der Waals surface area contributed by atoms with Crippen LogP contribution in [0.25, 0.3) is 11.0 Å². The van der Waals surface area contributed by atoms with Gasteiger partial charge in [0.25, 0.3) is 5.56 Å². The molecule has 0 radical (unpaired) electrons.